The summed E-state index contributed by atoms with van der Waals surface area (Å²) >= 11 is 0. The second-order valence-corrected chi connectivity index (χ2v) is 6.03. The molecule has 102 valence electrons. The molecule has 0 bridgehead atoms. The van der Waals surface area contributed by atoms with Gasteiger partial charge in [0.2, 0.25) is 0 Å². The average Bonchev–Trinajstić information content (AvgIpc) is 2.32. The van der Waals surface area contributed by atoms with Gasteiger partial charge < -0.3 is 5.32 Å². The van der Waals surface area contributed by atoms with E-state index in [9.17, 15) is 0 Å². The molecule has 0 fully saturated rings. The van der Waals surface area contributed by atoms with Gasteiger partial charge in [-0.3, -0.25) is 0 Å². The van der Waals surface area contributed by atoms with Crippen molar-refractivity contribution in [3.8, 4) is 0 Å². The molecule has 0 saturated heterocycles. The van der Waals surface area contributed by atoms with E-state index in [2.05, 4.69) is 65.1 Å². The lowest BCUT2D eigenvalue weighted by Gasteiger charge is -2.35. The molecule has 1 N–H and O–H groups in total. The van der Waals surface area contributed by atoms with Crippen LogP contribution in [0.1, 0.15) is 50.8 Å². The summed E-state index contributed by atoms with van der Waals surface area (Å²) in [7, 11) is 0. The standard InChI is InChI=1S/C17H29N/c1-7-17(5,6)16(18-8-2)12-15-13(3)10-9-11-14(15)4/h9-11,16,18H,7-8,12H2,1-6H3. The van der Waals surface area contributed by atoms with Crippen molar-refractivity contribution >= 4 is 0 Å². The van der Waals surface area contributed by atoms with Crippen LogP contribution >= 0.6 is 0 Å². The maximum atomic E-state index is 3.68. The predicted molar refractivity (Wildman–Crippen MR) is 81.2 cm³/mol. The van der Waals surface area contributed by atoms with Crippen molar-refractivity contribution in [2.75, 3.05) is 6.54 Å². The second-order valence-electron chi connectivity index (χ2n) is 6.03. The normalized spacial score (nSPS) is 13.7. The van der Waals surface area contributed by atoms with E-state index in [1.165, 1.54) is 23.1 Å². The predicted octanol–water partition coefficient (Wildman–Crippen LogP) is 4.26. The highest BCUT2D eigenvalue weighted by Gasteiger charge is 2.27. The van der Waals surface area contributed by atoms with E-state index in [1.807, 2.05) is 0 Å². The first-order chi connectivity index (χ1) is 8.42. The van der Waals surface area contributed by atoms with Crippen molar-refractivity contribution in [3.63, 3.8) is 0 Å². The minimum Gasteiger partial charge on any atom is -0.313 e. The van der Waals surface area contributed by atoms with Crippen LogP contribution in [0, 0.1) is 19.3 Å². The van der Waals surface area contributed by atoms with E-state index >= 15 is 0 Å². The number of benzene rings is 1. The first-order valence-corrected chi connectivity index (χ1v) is 7.20. The third-order valence-electron chi connectivity index (χ3n) is 4.36. The van der Waals surface area contributed by atoms with E-state index in [-0.39, 0.29) is 0 Å². The quantitative estimate of drug-likeness (QED) is 0.792. The highest BCUT2D eigenvalue weighted by Crippen LogP contribution is 2.29. The molecule has 0 aromatic heterocycles. The van der Waals surface area contributed by atoms with Gasteiger partial charge in [0.1, 0.15) is 0 Å². The molecule has 0 amide bonds. The Morgan fingerprint density at radius 1 is 1.11 bits per heavy atom. The number of rotatable bonds is 6. The maximum Gasteiger partial charge on any atom is 0.0159 e. The Bertz CT molecular complexity index is 359. The van der Waals surface area contributed by atoms with Gasteiger partial charge in [-0.05, 0) is 55.3 Å². The highest BCUT2D eigenvalue weighted by atomic mass is 14.9. The van der Waals surface area contributed by atoms with Crippen molar-refractivity contribution in [2.24, 2.45) is 5.41 Å². The van der Waals surface area contributed by atoms with Crippen LogP contribution in [-0.2, 0) is 6.42 Å². The van der Waals surface area contributed by atoms with Gasteiger partial charge in [-0.25, -0.2) is 0 Å². The Balaban J connectivity index is 2.97. The van der Waals surface area contributed by atoms with Crippen LogP contribution in [0.25, 0.3) is 0 Å². The first kappa shape index (κ1) is 15.2. The van der Waals surface area contributed by atoms with Gasteiger partial charge in [-0.15, -0.1) is 0 Å². The molecule has 18 heavy (non-hydrogen) atoms. The van der Waals surface area contributed by atoms with Crippen LogP contribution in [0.2, 0.25) is 0 Å². The maximum absolute atomic E-state index is 3.68. The monoisotopic (exact) mass is 247 g/mol. The highest BCUT2D eigenvalue weighted by molar-refractivity contribution is 5.34. The summed E-state index contributed by atoms with van der Waals surface area (Å²) in [6, 6.07) is 7.16. The number of hydrogen-bond acceptors (Lipinski definition) is 1. The van der Waals surface area contributed by atoms with E-state index < -0.39 is 0 Å². The van der Waals surface area contributed by atoms with E-state index in [0.29, 0.717) is 11.5 Å². The minimum absolute atomic E-state index is 0.338. The Hall–Kier alpha value is -0.820. The fraction of sp³-hybridized carbons (Fsp3) is 0.647. The summed E-state index contributed by atoms with van der Waals surface area (Å²) in [6.07, 6.45) is 2.34. The number of nitrogens with one attached hydrogen (secondary N) is 1. The van der Waals surface area contributed by atoms with E-state index in [4.69, 9.17) is 0 Å². The number of hydrogen-bond donors (Lipinski definition) is 1. The summed E-state index contributed by atoms with van der Waals surface area (Å²) in [4.78, 5) is 0. The number of aryl methyl sites for hydroxylation is 2. The van der Waals surface area contributed by atoms with E-state index in [1.54, 1.807) is 0 Å². The molecule has 1 nitrogen and oxygen atoms in total. The Labute approximate surface area is 113 Å². The zero-order chi connectivity index (χ0) is 13.8. The lowest BCUT2D eigenvalue weighted by Crippen LogP contribution is -2.43. The van der Waals surface area contributed by atoms with Gasteiger partial charge in [-0.1, -0.05) is 45.9 Å². The van der Waals surface area contributed by atoms with Crippen molar-refractivity contribution in [3.05, 3.63) is 34.9 Å². The first-order valence-electron chi connectivity index (χ1n) is 7.20. The van der Waals surface area contributed by atoms with Gasteiger partial charge in [0.05, 0.1) is 0 Å². The molecule has 1 aromatic carbocycles. The lowest BCUT2D eigenvalue weighted by atomic mass is 9.78. The van der Waals surface area contributed by atoms with Crippen LogP contribution in [0.4, 0.5) is 0 Å². The zero-order valence-corrected chi connectivity index (χ0v) is 12.9. The smallest absolute Gasteiger partial charge is 0.0159 e. The molecular weight excluding hydrogens is 218 g/mol. The van der Waals surface area contributed by atoms with Crippen LogP contribution in [0.15, 0.2) is 18.2 Å². The molecule has 0 aliphatic heterocycles. The average molecular weight is 247 g/mol. The third-order valence-corrected chi connectivity index (χ3v) is 4.36. The Morgan fingerprint density at radius 2 is 1.67 bits per heavy atom. The van der Waals surface area contributed by atoms with Crippen molar-refractivity contribution in [1.82, 2.24) is 5.32 Å². The minimum atomic E-state index is 0.338. The molecule has 0 saturated carbocycles. The summed E-state index contributed by atoms with van der Waals surface area (Å²) in [5.41, 5.74) is 4.70. The van der Waals surface area contributed by atoms with Crippen molar-refractivity contribution in [1.29, 1.82) is 0 Å². The number of likely N-dealkylation sites (N-methyl/N-ethyl adjacent to an activating group) is 1. The van der Waals surface area contributed by atoms with Crippen LogP contribution < -0.4 is 5.32 Å². The van der Waals surface area contributed by atoms with Crippen LogP contribution in [-0.4, -0.2) is 12.6 Å². The zero-order valence-electron chi connectivity index (χ0n) is 12.9. The van der Waals surface area contributed by atoms with Gasteiger partial charge in [0.25, 0.3) is 0 Å². The molecule has 0 heterocycles. The second kappa shape index (κ2) is 6.38. The van der Waals surface area contributed by atoms with Crippen LogP contribution in [0.3, 0.4) is 0 Å². The fourth-order valence-electron chi connectivity index (χ4n) is 2.49. The lowest BCUT2D eigenvalue weighted by molar-refractivity contribution is 0.232. The largest absolute Gasteiger partial charge is 0.313 e. The summed E-state index contributed by atoms with van der Waals surface area (Å²) < 4.78 is 0. The molecule has 0 spiro atoms. The molecule has 1 aromatic rings. The molecule has 1 atom stereocenters. The van der Waals surface area contributed by atoms with E-state index in [0.717, 1.165) is 13.0 Å². The van der Waals surface area contributed by atoms with Gasteiger partial charge in [-0.2, -0.15) is 0 Å². The molecular formula is C17H29N. The summed E-state index contributed by atoms with van der Waals surface area (Å²) in [6.45, 7) is 14.7. The topological polar surface area (TPSA) is 12.0 Å². The van der Waals surface area contributed by atoms with Crippen LogP contribution in [0.5, 0.6) is 0 Å². The molecule has 1 heteroatoms. The summed E-state index contributed by atoms with van der Waals surface area (Å²) in [5.74, 6) is 0. The Kier molecular flexibility index (Phi) is 5.40. The molecule has 0 aliphatic carbocycles. The SMILES string of the molecule is CCNC(Cc1c(C)cccc1C)C(C)(C)CC. The van der Waals surface area contributed by atoms with Crippen molar-refractivity contribution < 1.29 is 0 Å². The van der Waals surface area contributed by atoms with Gasteiger partial charge in [0, 0.05) is 6.04 Å². The Morgan fingerprint density at radius 3 is 2.11 bits per heavy atom. The molecule has 1 rings (SSSR count). The molecule has 1 unspecified atom stereocenters. The van der Waals surface area contributed by atoms with Gasteiger partial charge >= 0.3 is 0 Å². The summed E-state index contributed by atoms with van der Waals surface area (Å²) in [5, 5.41) is 3.68. The van der Waals surface area contributed by atoms with Crippen molar-refractivity contribution in [2.45, 2.75) is 60.4 Å². The molecule has 0 radical (unpaired) electrons. The molecule has 0 aliphatic rings. The third kappa shape index (κ3) is 3.58. The van der Waals surface area contributed by atoms with Gasteiger partial charge in [0.15, 0.2) is 0 Å². The fourth-order valence-corrected chi connectivity index (χ4v) is 2.49.